The van der Waals surface area contributed by atoms with Gasteiger partial charge in [-0.2, -0.15) is 0 Å². The minimum atomic E-state index is 0.203. The molecule has 0 aromatic heterocycles. The van der Waals surface area contributed by atoms with Crippen LogP contribution < -0.4 is 10.5 Å². The molecule has 1 aliphatic heterocycles. The Morgan fingerprint density at radius 3 is 3.06 bits per heavy atom. The summed E-state index contributed by atoms with van der Waals surface area (Å²) in [7, 11) is 1.69. The van der Waals surface area contributed by atoms with Crippen molar-refractivity contribution in [3.8, 4) is 5.75 Å². The summed E-state index contributed by atoms with van der Waals surface area (Å²) in [5, 5.41) is 0. The van der Waals surface area contributed by atoms with Crippen LogP contribution in [0.15, 0.2) is 29.3 Å². The van der Waals surface area contributed by atoms with Crippen LogP contribution in [0.1, 0.15) is 18.4 Å². The minimum Gasteiger partial charge on any atom is -0.496 e. The molecule has 2 rings (SSSR count). The van der Waals surface area contributed by atoms with Crippen molar-refractivity contribution >= 4 is 5.90 Å². The Hall–Kier alpha value is -1.55. The third-order valence-electron chi connectivity index (χ3n) is 3.01. The van der Waals surface area contributed by atoms with Crippen LogP contribution in [0.5, 0.6) is 5.75 Å². The number of para-hydroxylation sites is 1. The van der Waals surface area contributed by atoms with Gasteiger partial charge in [0.1, 0.15) is 12.4 Å². The number of nitrogens with two attached hydrogens (primary N) is 1. The van der Waals surface area contributed by atoms with Gasteiger partial charge in [0, 0.05) is 12.8 Å². The van der Waals surface area contributed by atoms with Crippen molar-refractivity contribution < 1.29 is 9.47 Å². The van der Waals surface area contributed by atoms with Crippen LogP contribution in [-0.2, 0) is 11.2 Å². The second-order valence-corrected chi connectivity index (χ2v) is 4.40. The Kier molecular flexibility index (Phi) is 4.59. The molecule has 1 unspecified atom stereocenters. The molecule has 1 heterocycles. The number of benzene rings is 1. The van der Waals surface area contributed by atoms with Gasteiger partial charge in [-0.1, -0.05) is 18.2 Å². The lowest BCUT2D eigenvalue weighted by Gasteiger charge is -2.09. The SMILES string of the molecule is COc1ccccc1CC1COC(CCCN)=N1. The predicted molar refractivity (Wildman–Crippen MR) is 72.2 cm³/mol. The first-order chi connectivity index (χ1) is 8.83. The highest BCUT2D eigenvalue weighted by Gasteiger charge is 2.19. The summed E-state index contributed by atoms with van der Waals surface area (Å²) >= 11 is 0. The van der Waals surface area contributed by atoms with E-state index in [2.05, 4.69) is 11.1 Å². The average molecular weight is 248 g/mol. The molecule has 0 fully saturated rings. The van der Waals surface area contributed by atoms with Gasteiger partial charge >= 0.3 is 0 Å². The van der Waals surface area contributed by atoms with Crippen molar-refractivity contribution in [3.63, 3.8) is 0 Å². The van der Waals surface area contributed by atoms with Gasteiger partial charge in [0.05, 0.1) is 13.2 Å². The van der Waals surface area contributed by atoms with E-state index in [1.807, 2.05) is 18.2 Å². The number of methoxy groups -OCH3 is 1. The Morgan fingerprint density at radius 2 is 2.28 bits per heavy atom. The molecule has 1 aromatic rings. The van der Waals surface area contributed by atoms with E-state index in [-0.39, 0.29) is 6.04 Å². The molecule has 0 saturated carbocycles. The van der Waals surface area contributed by atoms with Crippen LogP contribution in [-0.4, -0.2) is 32.2 Å². The smallest absolute Gasteiger partial charge is 0.183 e. The Morgan fingerprint density at radius 1 is 1.44 bits per heavy atom. The zero-order valence-electron chi connectivity index (χ0n) is 10.8. The molecular formula is C14H20N2O2. The quantitative estimate of drug-likeness (QED) is 0.834. The normalized spacial score (nSPS) is 18.3. The molecule has 0 aliphatic carbocycles. The molecule has 0 amide bonds. The summed E-state index contributed by atoms with van der Waals surface area (Å²) in [6, 6.07) is 8.25. The van der Waals surface area contributed by atoms with E-state index in [9.17, 15) is 0 Å². The van der Waals surface area contributed by atoms with Crippen LogP contribution in [0.4, 0.5) is 0 Å². The molecule has 1 aliphatic rings. The van der Waals surface area contributed by atoms with Crippen molar-refractivity contribution in [1.29, 1.82) is 0 Å². The van der Waals surface area contributed by atoms with Gasteiger partial charge in [-0.25, -0.2) is 4.99 Å². The Balaban J connectivity index is 1.96. The number of nitrogens with zero attached hydrogens (tertiary/aromatic N) is 1. The maximum atomic E-state index is 5.57. The van der Waals surface area contributed by atoms with Crippen LogP contribution in [0.2, 0.25) is 0 Å². The highest BCUT2D eigenvalue weighted by atomic mass is 16.5. The standard InChI is InChI=1S/C14H20N2O2/c1-17-13-6-3-2-5-11(13)9-12-10-18-14(16-12)7-4-8-15/h2-3,5-6,12H,4,7-10,15H2,1H3. The van der Waals surface area contributed by atoms with E-state index >= 15 is 0 Å². The molecule has 4 heteroatoms. The first-order valence-electron chi connectivity index (χ1n) is 6.35. The van der Waals surface area contributed by atoms with Crippen LogP contribution in [0, 0.1) is 0 Å². The highest BCUT2D eigenvalue weighted by molar-refractivity contribution is 5.77. The molecule has 4 nitrogen and oxygen atoms in total. The lowest BCUT2D eigenvalue weighted by molar-refractivity contribution is 0.307. The van der Waals surface area contributed by atoms with E-state index in [1.54, 1.807) is 7.11 Å². The number of aliphatic imine (C=N–C) groups is 1. The van der Waals surface area contributed by atoms with Crippen molar-refractivity contribution in [3.05, 3.63) is 29.8 Å². The Labute approximate surface area is 108 Å². The molecule has 2 N–H and O–H groups in total. The van der Waals surface area contributed by atoms with Gasteiger partial charge in [-0.05, 0) is 24.6 Å². The molecule has 0 spiro atoms. The van der Waals surface area contributed by atoms with Gasteiger partial charge in [-0.3, -0.25) is 0 Å². The molecule has 0 radical (unpaired) electrons. The minimum absolute atomic E-state index is 0.203. The van der Waals surface area contributed by atoms with Gasteiger partial charge < -0.3 is 15.2 Å². The van der Waals surface area contributed by atoms with Crippen LogP contribution in [0.3, 0.4) is 0 Å². The fourth-order valence-corrected chi connectivity index (χ4v) is 2.09. The molecule has 18 heavy (non-hydrogen) atoms. The lowest BCUT2D eigenvalue weighted by Crippen LogP contribution is -2.10. The largest absolute Gasteiger partial charge is 0.496 e. The number of hydrogen-bond acceptors (Lipinski definition) is 4. The summed E-state index contributed by atoms with van der Waals surface area (Å²) in [5.41, 5.74) is 6.65. The van der Waals surface area contributed by atoms with E-state index < -0.39 is 0 Å². The number of ether oxygens (including phenoxy) is 2. The average Bonchev–Trinajstić information content (AvgIpc) is 2.84. The maximum absolute atomic E-state index is 5.57. The fraction of sp³-hybridized carbons (Fsp3) is 0.500. The summed E-state index contributed by atoms with van der Waals surface area (Å²) in [5.74, 6) is 1.77. The van der Waals surface area contributed by atoms with E-state index in [0.717, 1.165) is 30.9 Å². The first-order valence-corrected chi connectivity index (χ1v) is 6.35. The van der Waals surface area contributed by atoms with Crippen molar-refractivity contribution in [1.82, 2.24) is 0 Å². The van der Waals surface area contributed by atoms with Crippen LogP contribution in [0.25, 0.3) is 0 Å². The zero-order chi connectivity index (χ0) is 12.8. The molecule has 1 atom stereocenters. The molecule has 0 bridgehead atoms. The summed E-state index contributed by atoms with van der Waals surface area (Å²) in [6.07, 6.45) is 2.63. The summed E-state index contributed by atoms with van der Waals surface area (Å²) < 4.78 is 10.9. The second kappa shape index (κ2) is 6.40. The van der Waals surface area contributed by atoms with Crippen molar-refractivity contribution in [2.75, 3.05) is 20.3 Å². The molecule has 0 saturated heterocycles. The topological polar surface area (TPSA) is 56.8 Å². The second-order valence-electron chi connectivity index (χ2n) is 4.40. The van der Waals surface area contributed by atoms with E-state index in [0.29, 0.717) is 13.2 Å². The third-order valence-corrected chi connectivity index (χ3v) is 3.01. The predicted octanol–water partition coefficient (Wildman–Crippen LogP) is 1.77. The summed E-state index contributed by atoms with van der Waals surface area (Å²) in [6.45, 7) is 1.34. The van der Waals surface area contributed by atoms with E-state index in [1.165, 1.54) is 5.56 Å². The van der Waals surface area contributed by atoms with Crippen molar-refractivity contribution in [2.24, 2.45) is 10.7 Å². The van der Waals surface area contributed by atoms with Crippen LogP contribution >= 0.6 is 0 Å². The fourth-order valence-electron chi connectivity index (χ4n) is 2.09. The first kappa shape index (κ1) is 12.9. The van der Waals surface area contributed by atoms with Crippen molar-refractivity contribution in [2.45, 2.75) is 25.3 Å². The Bertz CT molecular complexity index is 418. The van der Waals surface area contributed by atoms with Gasteiger partial charge in [0.25, 0.3) is 0 Å². The lowest BCUT2D eigenvalue weighted by atomic mass is 10.1. The van der Waals surface area contributed by atoms with Gasteiger partial charge in [-0.15, -0.1) is 0 Å². The summed E-state index contributed by atoms with van der Waals surface area (Å²) in [4.78, 5) is 4.58. The maximum Gasteiger partial charge on any atom is 0.183 e. The highest BCUT2D eigenvalue weighted by Crippen LogP contribution is 2.21. The number of rotatable bonds is 6. The van der Waals surface area contributed by atoms with Gasteiger partial charge in [0.2, 0.25) is 0 Å². The number of hydrogen-bond donors (Lipinski definition) is 1. The zero-order valence-corrected chi connectivity index (χ0v) is 10.8. The molecular weight excluding hydrogens is 228 g/mol. The van der Waals surface area contributed by atoms with Gasteiger partial charge in [0.15, 0.2) is 5.90 Å². The molecule has 98 valence electrons. The molecule has 1 aromatic carbocycles. The third kappa shape index (κ3) is 3.23. The monoisotopic (exact) mass is 248 g/mol. The van der Waals surface area contributed by atoms with E-state index in [4.69, 9.17) is 15.2 Å².